The summed E-state index contributed by atoms with van der Waals surface area (Å²) in [7, 11) is 1.69. The zero-order chi connectivity index (χ0) is 22.1. The second-order valence-electron chi connectivity index (χ2n) is 8.51. The average Bonchev–Trinajstić information content (AvgIpc) is 3.45. The standard InChI is InChI=1S/C26H27N5O/c1-19-17-30(18-27-19)22-12-10-20(16-23(22)32-3)11-13-24-28-25-26(2,14-7-15-31(25)29-24)21-8-5-4-6-9-21/h4-6,8-13,16-18H,7,14-15H2,1-3H3/b13-11+/t26-/m1/s1. The van der Waals surface area contributed by atoms with Crippen molar-refractivity contribution in [3.8, 4) is 11.4 Å². The Morgan fingerprint density at radius 1 is 1.09 bits per heavy atom. The Morgan fingerprint density at radius 2 is 1.94 bits per heavy atom. The molecule has 0 bridgehead atoms. The summed E-state index contributed by atoms with van der Waals surface area (Å²) in [5.74, 6) is 2.56. The van der Waals surface area contributed by atoms with Gasteiger partial charge in [-0.15, -0.1) is 0 Å². The normalized spacial score (nSPS) is 18.1. The fraction of sp³-hybridized carbons (Fsp3) is 0.269. The van der Waals surface area contributed by atoms with Gasteiger partial charge in [0.25, 0.3) is 0 Å². The van der Waals surface area contributed by atoms with Crippen LogP contribution >= 0.6 is 0 Å². The van der Waals surface area contributed by atoms with E-state index >= 15 is 0 Å². The highest BCUT2D eigenvalue weighted by molar-refractivity contribution is 5.69. The van der Waals surface area contributed by atoms with E-state index < -0.39 is 0 Å². The van der Waals surface area contributed by atoms with E-state index in [1.54, 1.807) is 13.4 Å². The van der Waals surface area contributed by atoms with Gasteiger partial charge in [-0.3, -0.25) is 0 Å². The van der Waals surface area contributed by atoms with Gasteiger partial charge in [0.1, 0.15) is 11.6 Å². The summed E-state index contributed by atoms with van der Waals surface area (Å²) >= 11 is 0. The van der Waals surface area contributed by atoms with Gasteiger partial charge in [0.05, 0.1) is 30.2 Å². The molecule has 0 saturated carbocycles. The highest BCUT2D eigenvalue weighted by atomic mass is 16.5. The number of nitrogens with zero attached hydrogens (tertiary/aromatic N) is 5. The quantitative estimate of drug-likeness (QED) is 0.449. The molecule has 6 heteroatoms. The molecule has 0 radical (unpaired) electrons. The summed E-state index contributed by atoms with van der Waals surface area (Å²) in [6.45, 7) is 5.16. The fourth-order valence-corrected chi connectivity index (χ4v) is 4.50. The Bertz CT molecular complexity index is 1270. The van der Waals surface area contributed by atoms with Crippen molar-refractivity contribution in [1.82, 2.24) is 24.3 Å². The molecule has 0 fully saturated rings. The Labute approximate surface area is 188 Å². The molecule has 32 heavy (non-hydrogen) atoms. The summed E-state index contributed by atoms with van der Waals surface area (Å²) in [6.07, 6.45) is 9.96. The predicted octanol–water partition coefficient (Wildman–Crippen LogP) is 5.05. The van der Waals surface area contributed by atoms with Gasteiger partial charge >= 0.3 is 0 Å². The lowest BCUT2D eigenvalue weighted by Crippen LogP contribution is -2.32. The van der Waals surface area contributed by atoms with Crippen LogP contribution in [0.4, 0.5) is 0 Å². The fourth-order valence-electron chi connectivity index (χ4n) is 4.50. The molecule has 1 atom stereocenters. The number of aryl methyl sites for hydroxylation is 2. The van der Waals surface area contributed by atoms with E-state index in [0.29, 0.717) is 0 Å². The number of imidazole rings is 1. The lowest BCUT2D eigenvalue weighted by atomic mass is 9.76. The highest BCUT2D eigenvalue weighted by Gasteiger charge is 2.36. The molecule has 0 aliphatic carbocycles. The first-order chi connectivity index (χ1) is 15.6. The molecule has 0 spiro atoms. The number of fused-ring (bicyclic) bond motifs is 1. The van der Waals surface area contributed by atoms with Crippen molar-refractivity contribution in [2.75, 3.05) is 7.11 Å². The first-order valence-corrected chi connectivity index (χ1v) is 10.9. The molecule has 3 heterocycles. The molecule has 0 amide bonds. The van der Waals surface area contributed by atoms with Crippen LogP contribution in [-0.2, 0) is 12.0 Å². The first-order valence-electron chi connectivity index (χ1n) is 10.9. The van der Waals surface area contributed by atoms with Gasteiger partial charge < -0.3 is 9.30 Å². The molecular weight excluding hydrogens is 398 g/mol. The number of rotatable bonds is 5. The number of ether oxygens (including phenoxy) is 1. The maximum absolute atomic E-state index is 5.63. The second-order valence-corrected chi connectivity index (χ2v) is 8.51. The minimum Gasteiger partial charge on any atom is -0.495 e. The van der Waals surface area contributed by atoms with Gasteiger partial charge in [-0.1, -0.05) is 42.5 Å². The van der Waals surface area contributed by atoms with E-state index in [4.69, 9.17) is 14.8 Å². The molecule has 6 nitrogen and oxygen atoms in total. The zero-order valence-corrected chi connectivity index (χ0v) is 18.7. The van der Waals surface area contributed by atoms with E-state index in [1.807, 2.05) is 42.0 Å². The number of hydrogen-bond donors (Lipinski definition) is 0. The van der Waals surface area contributed by atoms with E-state index in [9.17, 15) is 0 Å². The van der Waals surface area contributed by atoms with Crippen LogP contribution in [-0.4, -0.2) is 31.4 Å². The summed E-state index contributed by atoms with van der Waals surface area (Å²) in [4.78, 5) is 9.23. The Kier molecular flexibility index (Phi) is 5.13. The number of aromatic nitrogens is 5. The van der Waals surface area contributed by atoms with Crippen LogP contribution in [0.15, 0.2) is 61.1 Å². The van der Waals surface area contributed by atoms with Crippen LogP contribution in [0, 0.1) is 6.92 Å². The van der Waals surface area contributed by atoms with E-state index in [1.165, 1.54) is 5.56 Å². The minimum absolute atomic E-state index is 0.119. The molecule has 2 aromatic heterocycles. The van der Waals surface area contributed by atoms with Gasteiger partial charge in [0.15, 0.2) is 5.82 Å². The lowest BCUT2D eigenvalue weighted by molar-refractivity contribution is 0.357. The monoisotopic (exact) mass is 425 g/mol. The third-order valence-corrected chi connectivity index (χ3v) is 6.26. The number of benzene rings is 2. The van der Waals surface area contributed by atoms with Crippen LogP contribution in [0.1, 0.15) is 48.2 Å². The molecular formula is C26H27N5O. The summed E-state index contributed by atoms with van der Waals surface area (Å²) < 4.78 is 9.67. The van der Waals surface area contributed by atoms with Crippen molar-refractivity contribution in [2.45, 2.75) is 38.6 Å². The van der Waals surface area contributed by atoms with Crippen LogP contribution < -0.4 is 4.74 Å². The molecule has 0 saturated heterocycles. The van der Waals surface area contributed by atoms with Gasteiger partial charge in [-0.05, 0) is 56.0 Å². The Hall–Kier alpha value is -3.67. The molecule has 0 N–H and O–H groups in total. The highest BCUT2D eigenvalue weighted by Crippen LogP contribution is 2.38. The van der Waals surface area contributed by atoms with Crippen LogP contribution in [0.25, 0.3) is 17.8 Å². The topological polar surface area (TPSA) is 57.8 Å². The van der Waals surface area contributed by atoms with Gasteiger partial charge in [0.2, 0.25) is 0 Å². The van der Waals surface area contributed by atoms with Crippen LogP contribution in [0.3, 0.4) is 0 Å². The van der Waals surface area contributed by atoms with E-state index in [0.717, 1.165) is 53.7 Å². The molecule has 1 aliphatic heterocycles. The molecule has 5 rings (SSSR count). The van der Waals surface area contributed by atoms with Crippen LogP contribution in [0.5, 0.6) is 5.75 Å². The summed E-state index contributed by atoms with van der Waals surface area (Å²) in [5, 5.41) is 4.77. The maximum Gasteiger partial charge on any atom is 0.174 e. The largest absolute Gasteiger partial charge is 0.495 e. The smallest absolute Gasteiger partial charge is 0.174 e. The van der Waals surface area contributed by atoms with Gasteiger partial charge in [0, 0.05) is 12.7 Å². The zero-order valence-electron chi connectivity index (χ0n) is 18.7. The van der Waals surface area contributed by atoms with Gasteiger partial charge in [-0.25, -0.2) is 14.6 Å². The van der Waals surface area contributed by atoms with Crippen molar-refractivity contribution in [3.05, 3.63) is 89.5 Å². The van der Waals surface area contributed by atoms with Gasteiger partial charge in [-0.2, -0.15) is 5.10 Å². The summed E-state index contributed by atoms with van der Waals surface area (Å²) in [6, 6.07) is 16.8. The molecule has 4 aromatic rings. The van der Waals surface area contributed by atoms with E-state index in [2.05, 4.69) is 53.0 Å². The van der Waals surface area contributed by atoms with Crippen molar-refractivity contribution in [3.63, 3.8) is 0 Å². The van der Waals surface area contributed by atoms with Crippen molar-refractivity contribution in [1.29, 1.82) is 0 Å². The van der Waals surface area contributed by atoms with E-state index in [-0.39, 0.29) is 5.41 Å². The molecule has 0 unspecified atom stereocenters. The van der Waals surface area contributed by atoms with Crippen molar-refractivity contribution < 1.29 is 4.74 Å². The van der Waals surface area contributed by atoms with Crippen molar-refractivity contribution >= 4 is 12.2 Å². The number of methoxy groups -OCH3 is 1. The number of hydrogen-bond acceptors (Lipinski definition) is 4. The van der Waals surface area contributed by atoms with Crippen molar-refractivity contribution in [2.24, 2.45) is 0 Å². The predicted molar refractivity (Wildman–Crippen MR) is 126 cm³/mol. The third kappa shape index (κ3) is 3.62. The maximum atomic E-state index is 5.63. The first kappa shape index (κ1) is 20.2. The average molecular weight is 426 g/mol. The molecule has 1 aliphatic rings. The minimum atomic E-state index is -0.119. The SMILES string of the molecule is COc1cc(/C=C/c2nc3n(n2)CCC[C@]3(C)c2ccccc2)ccc1-n1cnc(C)c1. The third-order valence-electron chi connectivity index (χ3n) is 6.26. The second kappa shape index (κ2) is 8.11. The Morgan fingerprint density at radius 3 is 2.69 bits per heavy atom. The lowest BCUT2D eigenvalue weighted by Gasteiger charge is -2.33. The molecule has 162 valence electrons. The Balaban J connectivity index is 1.44. The molecule has 2 aromatic carbocycles. The summed E-state index contributed by atoms with van der Waals surface area (Å²) in [5.41, 5.74) is 4.12. The van der Waals surface area contributed by atoms with Crippen LogP contribution in [0.2, 0.25) is 0 Å².